The maximum absolute atomic E-state index is 13.2. The van der Waals surface area contributed by atoms with Gasteiger partial charge in [0.15, 0.2) is 0 Å². The average Bonchev–Trinajstić information content (AvgIpc) is 2.34. The molecule has 0 aliphatic carbocycles. The SMILES string of the molecule is CCCNCC(C)(CC)Cc1ccc(F)c(Br)c1. The molecule has 0 aliphatic heterocycles. The molecule has 3 heteroatoms. The summed E-state index contributed by atoms with van der Waals surface area (Å²) in [4.78, 5) is 0. The summed E-state index contributed by atoms with van der Waals surface area (Å²) in [6, 6.07) is 5.31. The third-order valence-corrected chi connectivity index (χ3v) is 4.05. The fourth-order valence-electron chi connectivity index (χ4n) is 2.02. The van der Waals surface area contributed by atoms with Gasteiger partial charge in [-0.1, -0.05) is 26.8 Å². The Morgan fingerprint density at radius 3 is 2.61 bits per heavy atom. The van der Waals surface area contributed by atoms with E-state index in [1.165, 1.54) is 11.6 Å². The van der Waals surface area contributed by atoms with Gasteiger partial charge in [-0.15, -0.1) is 0 Å². The molecule has 1 aromatic rings. The first kappa shape index (κ1) is 15.6. The molecule has 1 rings (SSSR count). The van der Waals surface area contributed by atoms with Gasteiger partial charge in [-0.05, 0) is 64.8 Å². The number of rotatable bonds is 7. The first-order valence-corrected chi connectivity index (χ1v) is 7.44. The zero-order valence-electron chi connectivity index (χ0n) is 11.5. The lowest BCUT2D eigenvalue weighted by Gasteiger charge is -2.29. The standard InChI is InChI=1S/C15H23BrFN/c1-4-8-18-11-15(3,5-2)10-12-6-7-14(17)13(16)9-12/h6-7,9,18H,4-5,8,10-11H2,1-3H3. The minimum atomic E-state index is -0.193. The lowest BCUT2D eigenvalue weighted by Crippen LogP contribution is -2.33. The second kappa shape index (κ2) is 7.25. The highest BCUT2D eigenvalue weighted by molar-refractivity contribution is 9.10. The third-order valence-electron chi connectivity index (χ3n) is 3.45. The molecule has 1 unspecified atom stereocenters. The van der Waals surface area contributed by atoms with Crippen LogP contribution >= 0.6 is 15.9 Å². The van der Waals surface area contributed by atoms with Gasteiger partial charge in [0.25, 0.3) is 0 Å². The molecule has 0 spiro atoms. The highest BCUT2D eigenvalue weighted by Crippen LogP contribution is 2.27. The molecule has 0 heterocycles. The Morgan fingerprint density at radius 2 is 2.06 bits per heavy atom. The number of benzene rings is 1. The summed E-state index contributed by atoms with van der Waals surface area (Å²) in [6.07, 6.45) is 3.24. The Hall–Kier alpha value is -0.410. The fourth-order valence-corrected chi connectivity index (χ4v) is 2.45. The van der Waals surface area contributed by atoms with Crippen molar-refractivity contribution in [1.82, 2.24) is 5.32 Å². The molecular weight excluding hydrogens is 293 g/mol. The second-order valence-electron chi connectivity index (χ2n) is 5.27. The molecule has 0 aromatic heterocycles. The summed E-state index contributed by atoms with van der Waals surface area (Å²) < 4.78 is 13.8. The van der Waals surface area contributed by atoms with Gasteiger partial charge in [0, 0.05) is 6.54 Å². The van der Waals surface area contributed by atoms with Crippen LogP contribution in [0.25, 0.3) is 0 Å². The van der Waals surface area contributed by atoms with Gasteiger partial charge < -0.3 is 5.32 Å². The van der Waals surface area contributed by atoms with Crippen molar-refractivity contribution in [3.05, 3.63) is 34.1 Å². The fraction of sp³-hybridized carbons (Fsp3) is 0.600. The van der Waals surface area contributed by atoms with Crippen LogP contribution in [0.15, 0.2) is 22.7 Å². The summed E-state index contributed by atoms with van der Waals surface area (Å²) in [5.74, 6) is -0.193. The van der Waals surface area contributed by atoms with Crippen LogP contribution in [0.2, 0.25) is 0 Å². The van der Waals surface area contributed by atoms with E-state index in [1.54, 1.807) is 0 Å². The largest absolute Gasteiger partial charge is 0.316 e. The van der Waals surface area contributed by atoms with E-state index in [2.05, 4.69) is 42.0 Å². The normalized spacial score (nSPS) is 14.5. The minimum absolute atomic E-state index is 0.193. The van der Waals surface area contributed by atoms with Crippen LogP contribution in [0.5, 0.6) is 0 Å². The number of nitrogens with one attached hydrogen (secondary N) is 1. The van der Waals surface area contributed by atoms with Crippen molar-refractivity contribution in [2.45, 2.75) is 40.0 Å². The highest BCUT2D eigenvalue weighted by atomic mass is 79.9. The van der Waals surface area contributed by atoms with Gasteiger partial charge in [0.1, 0.15) is 5.82 Å². The van der Waals surface area contributed by atoms with Crippen molar-refractivity contribution in [2.24, 2.45) is 5.41 Å². The molecule has 0 radical (unpaired) electrons. The molecule has 0 fully saturated rings. The van der Waals surface area contributed by atoms with Gasteiger partial charge in [0.2, 0.25) is 0 Å². The smallest absolute Gasteiger partial charge is 0.137 e. The van der Waals surface area contributed by atoms with Crippen LogP contribution in [0.4, 0.5) is 4.39 Å². The molecule has 0 amide bonds. The molecule has 1 atom stereocenters. The van der Waals surface area contributed by atoms with Gasteiger partial charge in [-0.25, -0.2) is 4.39 Å². The van der Waals surface area contributed by atoms with Gasteiger partial charge in [0.05, 0.1) is 4.47 Å². The minimum Gasteiger partial charge on any atom is -0.316 e. The van der Waals surface area contributed by atoms with Gasteiger partial charge >= 0.3 is 0 Å². The van der Waals surface area contributed by atoms with Gasteiger partial charge in [-0.3, -0.25) is 0 Å². The van der Waals surface area contributed by atoms with Crippen LogP contribution in [-0.4, -0.2) is 13.1 Å². The topological polar surface area (TPSA) is 12.0 Å². The summed E-state index contributed by atoms with van der Waals surface area (Å²) in [7, 11) is 0. The predicted octanol–water partition coefficient (Wildman–Crippen LogP) is 4.55. The Labute approximate surface area is 118 Å². The zero-order chi connectivity index (χ0) is 13.6. The Bertz CT molecular complexity index is 381. The summed E-state index contributed by atoms with van der Waals surface area (Å²) >= 11 is 3.25. The second-order valence-corrected chi connectivity index (χ2v) is 6.12. The van der Waals surface area contributed by atoms with E-state index in [9.17, 15) is 4.39 Å². The van der Waals surface area contributed by atoms with Gasteiger partial charge in [-0.2, -0.15) is 0 Å². The van der Waals surface area contributed by atoms with Crippen molar-refractivity contribution in [3.63, 3.8) is 0 Å². The molecule has 0 bridgehead atoms. The Balaban J connectivity index is 2.68. The number of halogens is 2. The van der Waals surface area contributed by atoms with Crippen LogP contribution in [-0.2, 0) is 6.42 Å². The monoisotopic (exact) mass is 315 g/mol. The van der Waals surface area contributed by atoms with E-state index in [1.807, 2.05) is 12.1 Å². The quantitative estimate of drug-likeness (QED) is 0.728. The molecule has 102 valence electrons. The first-order chi connectivity index (χ1) is 8.50. The first-order valence-electron chi connectivity index (χ1n) is 6.65. The van der Waals surface area contributed by atoms with E-state index >= 15 is 0 Å². The number of hydrogen-bond donors (Lipinski definition) is 1. The van der Waals surface area contributed by atoms with Crippen molar-refractivity contribution in [2.75, 3.05) is 13.1 Å². The summed E-state index contributed by atoms with van der Waals surface area (Å²) in [5.41, 5.74) is 1.41. The lowest BCUT2D eigenvalue weighted by molar-refractivity contribution is 0.290. The maximum Gasteiger partial charge on any atom is 0.137 e. The van der Waals surface area contributed by atoms with Crippen molar-refractivity contribution < 1.29 is 4.39 Å². The molecule has 1 N–H and O–H groups in total. The van der Waals surface area contributed by atoms with Crippen molar-refractivity contribution in [3.8, 4) is 0 Å². The molecule has 0 saturated carbocycles. The molecule has 1 nitrogen and oxygen atoms in total. The predicted molar refractivity (Wildman–Crippen MR) is 79.4 cm³/mol. The Kier molecular flexibility index (Phi) is 6.30. The van der Waals surface area contributed by atoms with E-state index in [4.69, 9.17) is 0 Å². The highest BCUT2D eigenvalue weighted by Gasteiger charge is 2.22. The molecule has 0 saturated heterocycles. The van der Waals surface area contributed by atoms with Crippen LogP contribution in [0, 0.1) is 11.2 Å². The third kappa shape index (κ3) is 4.69. The lowest BCUT2D eigenvalue weighted by atomic mass is 9.81. The van der Waals surface area contributed by atoms with Crippen LogP contribution in [0.3, 0.4) is 0 Å². The maximum atomic E-state index is 13.2. The van der Waals surface area contributed by atoms with Crippen molar-refractivity contribution >= 4 is 15.9 Å². The number of hydrogen-bond acceptors (Lipinski definition) is 1. The average molecular weight is 316 g/mol. The van der Waals surface area contributed by atoms with Crippen molar-refractivity contribution in [1.29, 1.82) is 0 Å². The van der Waals surface area contributed by atoms with Crippen LogP contribution < -0.4 is 5.32 Å². The zero-order valence-corrected chi connectivity index (χ0v) is 13.1. The van der Waals surface area contributed by atoms with E-state index in [0.29, 0.717) is 4.47 Å². The summed E-state index contributed by atoms with van der Waals surface area (Å²) in [5, 5.41) is 3.49. The van der Waals surface area contributed by atoms with E-state index in [-0.39, 0.29) is 11.2 Å². The van der Waals surface area contributed by atoms with E-state index < -0.39 is 0 Å². The molecular formula is C15H23BrFN. The molecule has 0 aliphatic rings. The summed E-state index contributed by atoms with van der Waals surface area (Å²) in [6.45, 7) is 8.74. The van der Waals surface area contributed by atoms with E-state index in [0.717, 1.165) is 32.4 Å². The Morgan fingerprint density at radius 1 is 1.33 bits per heavy atom. The molecule has 1 aromatic carbocycles. The molecule has 18 heavy (non-hydrogen) atoms. The van der Waals surface area contributed by atoms with Crippen LogP contribution in [0.1, 0.15) is 39.2 Å².